The third-order valence-electron chi connectivity index (χ3n) is 5.97. The van der Waals surface area contributed by atoms with Crippen molar-refractivity contribution >= 4 is 22.9 Å². The Bertz CT molecular complexity index is 1090. The zero-order valence-corrected chi connectivity index (χ0v) is 18.0. The average molecular weight is 418 g/mol. The van der Waals surface area contributed by atoms with Crippen molar-refractivity contribution in [1.29, 1.82) is 0 Å². The van der Waals surface area contributed by atoms with E-state index in [0.29, 0.717) is 30.1 Å². The summed E-state index contributed by atoms with van der Waals surface area (Å²) in [5.74, 6) is -0.0763. The van der Waals surface area contributed by atoms with Gasteiger partial charge in [-0.1, -0.05) is 30.3 Å². The number of piperidine rings is 1. The summed E-state index contributed by atoms with van der Waals surface area (Å²) in [7, 11) is 0. The van der Waals surface area contributed by atoms with E-state index in [1.54, 1.807) is 23.1 Å². The Labute approximate surface area is 182 Å². The number of carbonyl (C=O) groups is 2. The first-order chi connectivity index (χ1) is 15.0. The molecule has 1 aromatic heterocycles. The van der Waals surface area contributed by atoms with Crippen LogP contribution in [0, 0.1) is 19.8 Å². The Morgan fingerprint density at radius 2 is 1.65 bits per heavy atom. The van der Waals surface area contributed by atoms with Gasteiger partial charge in [-0.3, -0.25) is 4.79 Å². The van der Waals surface area contributed by atoms with Crippen LogP contribution in [-0.4, -0.2) is 46.4 Å². The van der Waals surface area contributed by atoms with Crippen molar-refractivity contribution in [3.8, 4) is 0 Å². The highest BCUT2D eigenvalue weighted by atomic mass is 16.5. The van der Waals surface area contributed by atoms with Crippen LogP contribution in [0.5, 0.6) is 0 Å². The highest BCUT2D eigenvalue weighted by molar-refractivity contribution is 5.94. The smallest absolute Gasteiger partial charge is 0.338 e. The van der Waals surface area contributed by atoms with E-state index in [2.05, 4.69) is 34.2 Å². The molecule has 2 heterocycles. The predicted molar refractivity (Wildman–Crippen MR) is 119 cm³/mol. The molecule has 1 amide bonds. The second-order valence-corrected chi connectivity index (χ2v) is 8.19. The molecule has 0 spiro atoms. The van der Waals surface area contributed by atoms with Crippen LogP contribution in [0.3, 0.4) is 0 Å². The number of hydrogen-bond acceptors (Lipinski definition) is 5. The summed E-state index contributed by atoms with van der Waals surface area (Å²) < 4.78 is 5.29. The Morgan fingerprint density at radius 3 is 2.35 bits per heavy atom. The van der Waals surface area contributed by atoms with Gasteiger partial charge in [0.25, 0.3) is 5.91 Å². The number of hydrogen-bond donors (Lipinski definition) is 0. The lowest BCUT2D eigenvalue weighted by molar-refractivity contribution is -0.135. The first kappa shape index (κ1) is 21.0. The van der Waals surface area contributed by atoms with Gasteiger partial charge in [0.1, 0.15) is 0 Å². The molecule has 0 unspecified atom stereocenters. The summed E-state index contributed by atoms with van der Waals surface area (Å²) in [6.07, 6.45) is 2.98. The zero-order valence-electron chi connectivity index (χ0n) is 18.0. The summed E-state index contributed by atoms with van der Waals surface area (Å²) >= 11 is 0. The number of nitrogens with zero attached hydrogens (tertiary/aromatic N) is 3. The second kappa shape index (κ2) is 9.25. The molecule has 31 heavy (non-hydrogen) atoms. The predicted octanol–water partition coefficient (Wildman–Crippen LogP) is 3.88. The normalized spacial score (nSPS) is 14.6. The first-order valence-electron chi connectivity index (χ1n) is 10.7. The van der Waals surface area contributed by atoms with Gasteiger partial charge in [0.2, 0.25) is 0 Å². The Hall–Kier alpha value is -3.28. The van der Waals surface area contributed by atoms with Crippen molar-refractivity contribution in [2.75, 3.05) is 19.7 Å². The second-order valence-electron chi connectivity index (χ2n) is 8.19. The lowest BCUT2D eigenvalue weighted by atomic mass is 9.90. The minimum atomic E-state index is -0.519. The van der Waals surface area contributed by atoms with Crippen LogP contribution >= 0.6 is 0 Å². The van der Waals surface area contributed by atoms with E-state index >= 15 is 0 Å². The molecule has 1 saturated heterocycles. The molecule has 0 saturated carbocycles. The topological polar surface area (TPSA) is 72.4 Å². The molecule has 6 heteroatoms. The van der Waals surface area contributed by atoms with Crippen molar-refractivity contribution in [2.45, 2.75) is 33.1 Å². The highest BCUT2D eigenvalue weighted by Crippen LogP contribution is 2.22. The van der Waals surface area contributed by atoms with E-state index < -0.39 is 5.97 Å². The van der Waals surface area contributed by atoms with Gasteiger partial charge in [0.15, 0.2) is 6.61 Å². The minimum Gasteiger partial charge on any atom is -0.452 e. The van der Waals surface area contributed by atoms with Gasteiger partial charge in [0, 0.05) is 13.1 Å². The molecule has 1 fully saturated rings. The molecule has 4 rings (SSSR count). The van der Waals surface area contributed by atoms with E-state index in [1.165, 1.54) is 5.56 Å². The summed E-state index contributed by atoms with van der Waals surface area (Å²) in [5, 5.41) is 0. The molecular formula is C25H27N3O3. The molecule has 1 aliphatic rings. The van der Waals surface area contributed by atoms with Gasteiger partial charge in [0.05, 0.1) is 28.0 Å². The maximum absolute atomic E-state index is 12.5. The van der Waals surface area contributed by atoms with Crippen LogP contribution in [0.2, 0.25) is 0 Å². The van der Waals surface area contributed by atoms with Crippen LogP contribution in [-0.2, 0) is 16.0 Å². The van der Waals surface area contributed by atoms with E-state index in [0.717, 1.165) is 36.2 Å². The molecular weight excluding hydrogens is 390 g/mol. The molecule has 3 aromatic rings. The number of carbonyl (C=O) groups excluding carboxylic acids is 2. The maximum atomic E-state index is 12.5. The number of fused-ring (bicyclic) bond motifs is 1. The third-order valence-corrected chi connectivity index (χ3v) is 5.97. The standard InChI is InChI=1S/C25H27N3O3/c1-17-18(2)27-23-15-21(8-9-22(23)26-17)25(30)31-16-24(29)28-12-10-20(11-13-28)14-19-6-4-3-5-7-19/h3-9,15,20H,10-14,16H2,1-2H3. The van der Waals surface area contributed by atoms with Crippen LogP contribution in [0.4, 0.5) is 0 Å². The van der Waals surface area contributed by atoms with Gasteiger partial charge in [-0.2, -0.15) is 0 Å². The summed E-state index contributed by atoms with van der Waals surface area (Å²) in [6.45, 7) is 4.96. The van der Waals surface area contributed by atoms with Crippen LogP contribution in [0.1, 0.15) is 40.2 Å². The Balaban J connectivity index is 1.28. The van der Waals surface area contributed by atoms with Crippen molar-refractivity contribution < 1.29 is 14.3 Å². The Morgan fingerprint density at radius 1 is 0.968 bits per heavy atom. The zero-order chi connectivity index (χ0) is 21.8. The molecule has 0 atom stereocenters. The molecule has 0 aliphatic carbocycles. The number of benzene rings is 2. The van der Waals surface area contributed by atoms with Gasteiger partial charge in [-0.25, -0.2) is 14.8 Å². The summed E-state index contributed by atoms with van der Waals surface area (Å²) in [5.41, 5.74) is 4.77. The number of likely N-dealkylation sites (tertiary alicyclic amines) is 1. The fourth-order valence-corrected chi connectivity index (χ4v) is 3.99. The van der Waals surface area contributed by atoms with Crippen molar-refractivity contribution in [3.63, 3.8) is 0 Å². The van der Waals surface area contributed by atoms with Crippen LogP contribution in [0.15, 0.2) is 48.5 Å². The first-order valence-corrected chi connectivity index (χ1v) is 10.7. The highest BCUT2D eigenvalue weighted by Gasteiger charge is 2.24. The number of amides is 1. The lowest BCUT2D eigenvalue weighted by Gasteiger charge is -2.32. The van der Waals surface area contributed by atoms with E-state index in [4.69, 9.17) is 4.74 Å². The van der Waals surface area contributed by atoms with Crippen molar-refractivity contribution in [2.24, 2.45) is 5.92 Å². The molecule has 6 nitrogen and oxygen atoms in total. The molecule has 0 radical (unpaired) electrons. The monoisotopic (exact) mass is 417 g/mol. The number of aryl methyl sites for hydroxylation is 2. The SMILES string of the molecule is Cc1nc2ccc(C(=O)OCC(=O)N3CCC(Cc4ccccc4)CC3)cc2nc1C. The molecule has 160 valence electrons. The quantitative estimate of drug-likeness (QED) is 0.589. The van der Waals surface area contributed by atoms with Crippen LogP contribution < -0.4 is 0 Å². The summed E-state index contributed by atoms with van der Waals surface area (Å²) in [4.78, 5) is 35.7. The largest absolute Gasteiger partial charge is 0.452 e. The Kier molecular flexibility index (Phi) is 6.26. The number of aromatic nitrogens is 2. The molecule has 0 N–H and O–H groups in total. The fraction of sp³-hybridized carbons (Fsp3) is 0.360. The lowest BCUT2D eigenvalue weighted by Crippen LogP contribution is -2.41. The van der Waals surface area contributed by atoms with Crippen molar-refractivity contribution in [3.05, 3.63) is 71.0 Å². The van der Waals surface area contributed by atoms with Gasteiger partial charge < -0.3 is 9.64 Å². The molecule has 1 aliphatic heterocycles. The number of ether oxygens (including phenoxy) is 1. The van der Waals surface area contributed by atoms with E-state index in [9.17, 15) is 9.59 Å². The van der Waals surface area contributed by atoms with Crippen LogP contribution in [0.25, 0.3) is 11.0 Å². The van der Waals surface area contributed by atoms with Gasteiger partial charge in [-0.15, -0.1) is 0 Å². The van der Waals surface area contributed by atoms with Gasteiger partial charge in [-0.05, 0) is 62.8 Å². The minimum absolute atomic E-state index is 0.140. The van der Waals surface area contributed by atoms with Crippen molar-refractivity contribution in [1.82, 2.24) is 14.9 Å². The van der Waals surface area contributed by atoms with E-state index in [-0.39, 0.29) is 12.5 Å². The maximum Gasteiger partial charge on any atom is 0.338 e. The average Bonchev–Trinajstić information content (AvgIpc) is 2.79. The van der Waals surface area contributed by atoms with E-state index in [1.807, 2.05) is 19.9 Å². The molecule has 0 bridgehead atoms. The number of rotatable bonds is 5. The third kappa shape index (κ3) is 5.08. The fourth-order valence-electron chi connectivity index (χ4n) is 3.99. The number of esters is 1. The van der Waals surface area contributed by atoms with Gasteiger partial charge >= 0.3 is 5.97 Å². The summed E-state index contributed by atoms with van der Waals surface area (Å²) in [6, 6.07) is 15.5. The molecule has 2 aromatic carbocycles.